The molecule has 8 heteroatoms. The second-order valence-corrected chi connectivity index (χ2v) is 3.99. The minimum atomic E-state index is -4.72. The summed E-state index contributed by atoms with van der Waals surface area (Å²) in [6.45, 7) is 3.15. The number of carbonyl (C=O) groups excluding carboxylic acids is 1. The zero-order chi connectivity index (χ0) is 13.9. The molecule has 0 spiro atoms. The number of pyridine rings is 1. The average molecular weight is 283 g/mol. The lowest BCUT2D eigenvalue weighted by atomic mass is 10.3. The fraction of sp³-hybridized carbons (Fsp3) is 0.400. The third kappa shape index (κ3) is 4.06. The standard InChI is InChI=1S/C10H10ClF3N2O2/c1-5(2)18-9(17)15-6-3-4-7(11)16-8(6)10(12,13)14/h3-5H,1-2H3,(H,15,17). The predicted octanol–water partition coefficient (Wildman–Crippen LogP) is 3.71. The van der Waals surface area contributed by atoms with Crippen LogP contribution in [0.2, 0.25) is 5.15 Å². The molecule has 1 amide bonds. The highest BCUT2D eigenvalue weighted by molar-refractivity contribution is 6.29. The number of hydrogen-bond acceptors (Lipinski definition) is 3. The Hall–Kier alpha value is -1.50. The zero-order valence-electron chi connectivity index (χ0n) is 9.51. The lowest BCUT2D eigenvalue weighted by Crippen LogP contribution is -2.21. The fourth-order valence-electron chi connectivity index (χ4n) is 1.11. The number of anilines is 1. The van der Waals surface area contributed by atoms with E-state index in [9.17, 15) is 18.0 Å². The molecule has 100 valence electrons. The molecule has 1 aromatic heterocycles. The number of ether oxygens (including phenoxy) is 1. The number of rotatable bonds is 2. The van der Waals surface area contributed by atoms with E-state index in [0.29, 0.717) is 0 Å². The quantitative estimate of drug-likeness (QED) is 0.841. The Bertz CT molecular complexity index is 449. The van der Waals surface area contributed by atoms with Crippen molar-refractivity contribution < 1.29 is 22.7 Å². The highest BCUT2D eigenvalue weighted by Crippen LogP contribution is 2.34. The summed E-state index contributed by atoms with van der Waals surface area (Å²) in [7, 11) is 0. The third-order valence-electron chi connectivity index (χ3n) is 1.71. The number of amides is 1. The van der Waals surface area contributed by atoms with E-state index >= 15 is 0 Å². The molecule has 0 aliphatic heterocycles. The van der Waals surface area contributed by atoms with E-state index in [1.165, 1.54) is 0 Å². The normalized spacial score (nSPS) is 11.5. The van der Waals surface area contributed by atoms with Crippen LogP contribution in [0, 0.1) is 0 Å². The molecule has 0 saturated heterocycles. The smallest absolute Gasteiger partial charge is 0.435 e. The van der Waals surface area contributed by atoms with Crippen molar-refractivity contribution in [1.82, 2.24) is 4.98 Å². The second kappa shape index (κ2) is 5.43. The molecule has 0 atom stereocenters. The Balaban J connectivity index is 2.99. The molecule has 4 nitrogen and oxygen atoms in total. The van der Waals surface area contributed by atoms with Gasteiger partial charge in [0.1, 0.15) is 5.15 Å². The van der Waals surface area contributed by atoms with Gasteiger partial charge in [0.05, 0.1) is 11.8 Å². The number of nitrogens with one attached hydrogen (secondary N) is 1. The topological polar surface area (TPSA) is 51.2 Å². The van der Waals surface area contributed by atoms with Gasteiger partial charge < -0.3 is 4.74 Å². The Labute approximate surface area is 106 Å². The maximum absolute atomic E-state index is 12.6. The van der Waals surface area contributed by atoms with Gasteiger partial charge in [0.15, 0.2) is 5.69 Å². The van der Waals surface area contributed by atoms with Gasteiger partial charge in [-0.1, -0.05) is 11.6 Å². The lowest BCUT2D eigenvalue weighted by molar-refractivity contribution is -0.140. The van der Waals surface area contributed by atoms with Gasteiger partial charge in [-0.3, -0.25) is 5.32 Å². The molecule has 0 aliphatic rings. The molecule has 0 bridgehead atoms. The number of carbonyl (C=O) groups is 1. The van der Waals surface area contributed by atoms with Gasteiger partial charge in [-0.15, -0.1) is 0 Å². The SMILES string of the molecule is CC(C)OC(=O)Nc1ccc(Cl)nc1C(F)(F)F. The van der Waals surface area contributed by atoms with Gasteiger partial charge in [0.25, 0.3) is 0 Å². The van der Waals surface area contributed by atoms with Gasteiger partial charge >= 0.3 is 12.3 Å². The summed E-state index contributed by atoms with van der Waals surface area (Å²) in [5.41, 5.74) is -1.77. The molecule has 1 aromatic rings. The molecule has 0 aromatic carbocycles. The number of halogens is 4. The molecule has 0 aliphatic carbocycles. The van der Waals surface area contributed by atoms with E-state index in [-0.39, 0.29) is 5.15 Å². The van der Waals surface area contributed by atoms with Gasteiger partial charge in [-0.2, -0.15) is 13.2 Å². The van der Waals surface area contributed by atoms with E-state index < -0.39 is 29.8 Å². The van der Waals surface area contributed by atoms with E-state index in [4.69, 9.17) is 11.6 Å². The molecule has 1 heterocycles. The highest BCUT2D eigenvalue weighted by Gasteiger charge is 2.36. The van der Waals surface area contributed by atoms with Crippen LogP contribution in [0.3, 0.4) is 0 Å². The second-order valence-electron chi connectivity index (χ2n) is 3.61. The largest absolute Gasteiger partial charge is 0.447 e. The van der Waals surface area contributed by atoms with Crippen molar-refractivity contribution in [2.24, 2.45) is 0 Å². The summed E-state index contributed by atoms with van der Waals surface area (Å²) < 4.78 is 42.6. The zero-order valence-corrected chi connectivity index (χ0v) is 10.3. The lowest BCUT2D eigenvalue weighted by Gasteiger charge is -2.14. The number of nitrogens with zero attached hydrogens (tertiary/aromatic N) is 1. The summed E-state index contributed by atoms with van der Waals surface area (Å²) in [4.78, 5) is 14.4. The number of aromatic nitrogens is 1. The van der Waals surface area contributed by atoms with Crippen LogP contribution in [0.25, 0.3) is 0 Å². The van der Waals surface area contributed by atoms with E-state index in [0.717, 1.165) is 12.1 Å². The molecule has 0 radical (unpaired) electrons. The summed E-state index contributed by atoms with van der Waals surface area (Å²) in [5, 5.41) is 1.66. The van der Waals surface area contributed by atoms with Crippen molar-refractivity contribution >= 4 is 23.4 Å². The van der Waals surface area contributed by atoms with Crippen LogP contribution < -0.4 is 5.32 Å². The summed E-state index contributed by atoms with van der Waals surface area (Å²) in [5.74, 6) is 0. The van der Waals surface area contributed by atoms with Crippen LogP contribution in [-0.4, -0.2) is 17.2 Å². The molecule has 1 rings (SSSR count). The molecule has 0 saturated carbocycles. The minimum Gasteiger partial charge on any atom is -0.447 e. The van der Waals surface area contributed by atoms with Crippen LogP contribution in [-0.2, 0) is 10.9 Å². The fourth-order valence-corrected chi connectivity index (χ4v) is 1.25. The maximum Gasteiger partial charge on any atom is 0.435 e. The van der Waals surface area contributed by atoms with Crippen molar-refractivity contribution in [2.75, 3.05) is 5.32 Å². The Morgan fingerprint density at radius 2 is 2.06 bits per heavy atom. The molecule has 18 heavy (non-hydrogen) atoms. The molecular weight excluding hydrogens is 273 g/mol. The van der Waals surface area contributed by atoms with Crippen molar-refractivity contribution in [2.45, 2.75) is 26.1 Å². The Morgan fingerprint density at radius 1 is 1.44 bits per heavy atom. The summed E-state index contributed by atoms with van der Waals surface area (Å²) in [6.07, 6.45) is -6.15. The Morgan fingerprint density at radius 3 is 2.56 bits per heavy atom. The Kier molecular flexibility index (Phi) is 4.39. The first kappa shape index (κ1) is 14.6. The third-order valence-corrected chi connectivity index (χ3v) is 1.92. The molecular formula is C10H10ClF3N2O2. The summed E-state index contributed by atoms with van der Waals surface area (Å²) in [6, 6.07) is 2.15. The van der Waals surface area contributed by atoms with Crippen LogP contribution in [0.1, 0.15) is 19.5 Å². The molecule has 1 N–H and O–H groups in total. The number of alkyl halides is 3. The van der Waals surface area contributed by atoms with E-state index in [1.54, 1.807) is 13.8 Å². The van der Waals surface area contributed by atoms with Crippen LogP contribution in [0.15, 0.2) is 12.1 Å². The number of hydrogen-bond donors (Lipinski definition) is 1. The van der Waals surface area contributed by atoms with Crippen LogP contribution >= 0.6 is 11.6 Å². The monoisotopic (exact) mass is 282 g/mol. The van der Waals surface area contributed by atoms with Crippen molar-refractivity contribution in [3.05, 3.63) is 23.0 Å². The van der Waals surface area contributed by atoms with Gasteiger partial charge in [0.2, 0.25) is 0 Å². The minimum absolute atomic E-state index is 0.315. The first-order valence-electron chi connectivity index (χ1n) is 4.91. The summed E-state index contributed by atoms with van der Waals surface area (Å²) >= 11 is 5.39. The maximum atomic E-state index is 12.6. The van der Waals surface area contributed by atoms with E-state index in [1.807, 2.05) is 5.32 Å². The first-order valence-corrected chi connectivity index (χ1v) is 5.29. The first-order chi connectivity index (χ1) is 8.20. The van der Waals surface area contributed by atoms with Crippen LogP contribution in [0.4, 0.5) is 23.7 Å². The van der Waals surface area contributed by atoms with Crippen molar-refractivity contribution in [1.29, 1.82) is 0 Å². The molecule has 0 unspecified atom stereocenters. The molecule has 0 fully saturated rings. The average Bonchev–Trinajstić information content (AvgIpc) is 2.17. The van der Waals surface area contributed by atoms with E-state index in [2.05, 4.69) is 9.72 Å². The van der Waals surface area contributed by atoms with Gasteiger partial charge in [-0.25, -0.2) is 9.78 Å². The highest BCUT2D eigenvalue weighted by atomic mass is 35.5. The van der Waals surface area contributed by atoms with Crippen molar-refractivity contribution in [3.8, 4) is 0 Å². The van der Waals surface area contributed by atoms with Gasteiger partial charge in [0, 0.05) is 0 Å². The van der Waals surface area contributed by atoms with Crippen molar-refractivity contribution in [3.63, 3.8) is 0 Å². The van der Waals surface area contributed by atoms with Crippen LogP contribution in [0.5, 0.6) is 0 Å². The predicted molar refractivity (Wildman–Crippen MR) is 59.5 cm³/mol. The van der Waals surface area contributed by atoms with Gasteiger partial charge in [-0.05, 0) is 26.0 Å².